The van der Waals surface area contributed by atoms with Crippen LogP contribution in [0.25, 0.3) is 0 Å². The van der Waals surface area contributed by atoms with Crippen LogP contribution in [0.5, 0.6) is 5.75 Å². The highest BCUT2D eigenvalue weighted by atomic mass is 32.2. The monoisotopic (exact) mass is 295 g/mol. The number of ether oxygens (including phenoxy) is 1. The standard InChI is InChI=1S/C11H13N5O3S/c1-19-9-3-2-8(7-12)6-10(9)20(17,18)16-11-13-4-5-14-15-11/h2-6H,7,12H2,1H3,(H,13,15,16). The zero-order valence-corrected chi connectivity index (χ0v) is 11.5. The summed E-state index contributed by atoms with van der Waals surface area (Å²) in [6, 6.07) is 4.68. The molecule has 0 saturated heterocycles. The van der Waals surface area contributed by atoms with Gasteiger partial charge in [0.05, 0.1) is 19.5 Å². The van der Waals surface area contributed by atoms with Crippen LogP contribution >= 0.6 is 0 Å². The molecule has 0 aliphatic carbocycles. The topological polar surface area (TPSA) is 120 Å². The SMILES string of the molecule is COc1ccc(CN)cc1S(=O)(=O)Nc1nccnn1. The minimum absolute atomic E-state index is 0.0320. The fourth-order valence-corrected chi connectivity index (χ4v) is 2.69. The number of nitrogens with one attached hydrogen (secondary N) is 1. The first-order chi connectivity index (χ1) is 9.56. The number of nitrogens with two attached hydrogens (primary N) is 1. The van der Waals surface area contributed by atoms with Crippen LogP contribution in [0, 0.1) is 0 Å². The van der Waals surface area contributed by atoms with Gasteiger partial charge in [-0.25, -0.2) is 18.1 Å². The lowest BCUT2D eigenvalue weighted by Gasteiger charge is -2.11. The van der Waals surface area contributed by atoms with Gasteiger partial charge in [0.2, 0.25) is 0 Å². The summed E-state index contributed by atoms with van der Waals surface area (Å²) >= 11 is 0. The molecular formula is C11H13N5O3S. The highest BCUT2D eigenvalue weighted by molar-refractivity contribution is 7.92. The number of methoxy groups -OCH3 is 1. The van der Waals surface area contributed by atoms with E-state index in [4.69, 9.17) is 10.5 Å². The van der Waals surface area contributed by atoms with Gasteiger partial charge in [-0.3, -0.25) is 0 Å². The molecule has 8 nitrogen and oxygen atoms in total. The average Bonchev–Trinajstić information content (AvgIpc) is 2.47. The molecule has 0 saturated carbocycles. The number of rotatable bonds is 5. The third-order valence-corrected chi connectivity index (χ3v) is 3.81. The minimum Gasteiger partial charge on any atom is -0.495 e. The third-order valence-electron chi connectivity index (χ3n) is 2.46. The Balaban J connectivity index is 2.43. The largest absolute Gasteiger partial charge is 0.495 e. The molecule has 2 rings (SSSR count). The normalized spacial score (nSPS) is 11.1. The second-order valence-electron chi connectivity index (χ2n) is 3.76. The molecule has 106 valence electrons. The summed E-state index contributed by atoms with van der Waals surface area (Å²) in [6.45, 7) is 0.218. The molecule has 9 heteroatoms. The van der Waals surface area contributed by atoms with E-state index in [1.54, 1.807) is 12.1 Å². The van der Waals surface area contributed by atoms with Gasteiger partial charge in [-0.05, 0) is 17.7 Å². The Morgan fingerprint density at radius 1 is 1.35 bits per heavy atom. The Kier molecular flexibility index (Phi) is 4.11. The van der Waals surface area contributed by atoms with Gasteiger partial charge in [-0.1, -0.05) is 6.07 Å². The Bertz CT molecular complexity index is 690. The zero-order chi connectivity index (χ0) is 14.6. The first-order valence-corrected chi connectivity index (χ1v) is 7.08. The van der Waals surface area contributed by atoms with Crippen LogP contribution in [0.3, 0.4) is 0 Å². The van der Waals surface area contributed by atoms with Gasteiger partial charge in [-0.15, -0.1) is 5.10 Å². The Labute approximate surface area is 116 Å². The van der Waals surface area contributed by atoms with E-state index in [0.29, 0.717) is 5.56 Å². The first-order valence-electron chi connectivity index (χ1n) is 5.60. The molecule has 1 heterocycles. The number of hydrogen-bond donors (Lipinski definition) is 2. The van der Waals surface area contributed by atoms with Crippen LogP contribution in [0.4, 0.5) is 5.95 Å². The summed E-state index contributed by atoms with van der Waals surface area (Å²) in [5.74, 6) is 0.0892. The van der Waals surface area contributed by atoms with Gasteiger partial charge < -0.3 is 10.5 Å². The highest BCUT2D eigenvalue weighted by Gasteiger charge is 2.21. The van der Waals surface area contributed by atoms with Crippen molar-refractivity contribution in [3.63, 3.8) is 0 Å². The summed E-state index contributed by atoms with van der Waals surface area (Å²) < 4.78 is 31.9. The van der Waals surface area contributed by atoms with E-state index in [1.807, 2.05) is 0 Å². The van der Waals surface area contributed by atoms with Gasteiger partial charge in [0.15, 0.2) is 0 Å². The van der Waals surface area contributed by atoms with Crippen LogP contribution in [0.15, 0.2) is 35.5 Å². The second kappa shape index (κ2) is 5.80. The summed E-state index contributed by atoms with van der Waals surface area (Å²) in [7, 11) is -2.50. The van der Waals surface area contributed by atoms with E-state index >= 15 is 0 Å². The maximum absolute atomic E-state index is 12.3. The molecule has 0 amide bonds. The summed E-state index contributed by atoms with van der Waals surface area (Å²) in [6.07, 6.45) is 2.67. The molecule has 0 radical (unpaired) electrons. The van der Waals surface area contributed by atoms with E-state index in [0.717, 1.165) is 0 Å². The molecule has 0 fully saturated rings. The van der Waals surface area contributed by atoms with Crippen LogP contribution in [0.1, 0.15) is 5.56 Å². The second-order valence-corrected chi connectivity index (χ2v) is 5.41. The minimum atomic E-state index is -3.88. The summed E-state index contributed by atoms with van der Waals surface area (Å²) in [4.78, 5) is 3.73. The summed E-state index contributed by atoms with van der Waals surface area (Å²) in [5, 5.41) is 7.12. The first kappa shape index (κ1) is 14.2. The molecule has 1 aromatic heterocycles. The molecule has 0 unspecified atom stereocenters. The van der Waals surface area contributed by atoms with Crippen molar-refractivity contribution >= 4 is 16.0 Å². The lowest BCUT2D eigenvalue weighted by Crippen LogP contribution is -2.16. The predicted octanol–water partition coefficient (Wildman–Crippen LogP) is 0.140. The summed E-state index contributed by atoms with van der Waals surface area (Å²) in [5.41, 5.74) is 6.18. The molecule has 1 aromatic carbocycles. The van der Waals surface area contributed by atoms with Crippen molar-refractivity contribution in [3.8, 4) is 5.75 Å². The van der Waals surface area contributed by atoms with Gasteiger partial charge in [0, 0.05) is 6.54 Å². The molecule has 2 aromatic rings. The van der Waals surface area contributed by atoms with Gasteiger partial charge in [0.25, 0.3) is 16.0 Å². The number of hydrogen-bond acceptors (Lipinski definition) is 7. The zero-order valence-electron chi connectivity index (χ0n) is 10.6. The van der Waals surface area contributed by atoms with Crippen molar-refractivity contribution in [1.82, 2.24) is 15.2 Å². The van der Waals surface area contributed by atoms with Crippen LogP contribution in [-0.4, -0.2) is 30.7 Å². The molecule has 20 heavy (non-hydrogen) atoms. The van der Waals surface area contributed by atoms with Crippen LogP contribution < -0.4 is 15.2 Å². The van der Waals surface area contributed by atoms with E-state index < -0.39 is 10.0 Å². The van der Waals surface area contributed by atoms with Gasteiger partial charge in [-0.2, -0.15) is 5.10 Å². The molecule has 0 atom stereocenters. The fourth-order valence-electron chi connectivity index (χ4n) is 1.53. The van der Waals surface area contributed by atoms with Crippen molar-refractivity contribution < 1.29 is 13.2 Å². The molecule has 0 aliphatic rings. The number of anilines is 1. The number of sulfonamides is 1. The van der Waals surface area contributed by atoms with Gasteiger partial charge >= 0.3 is 0 Å². The molecular weight excluding hydrogens is 282 g/mol. The molecule has 0 spiro atoms. The Morgan fingerprint density at radius 3 is 2.75 bits per heavy atom. The molecule has 0 bridgehead atoms. The van der Waals surface area contributed by atoms with Crippen LogP contribution in [0.2, 0.25) is 0 Å². The number of benzene rings is 1. The smallest absolute Gasteiger partial charge is 0.267 e. The molecule has 0 aliphatic heterocycles. The van der Waals surface area contributed by atoms with E-state index in [1.165, 1.54) is 25.6 Å². The average molecular weight is 295 g/mol. The van der Waals surface area contributed by atoms with Crippen molar-refractivity contribution in [1.29, 1.82) is 0 Å². The maximum atomic E-state index is 12.3. The number of aromatic nitrogens is 3. The van der Waals surface area contributed by atoms with Crippen molar-refractivity contribution in [2.24, 2.45) is 5.73 Å². The predicted molar refractivity (Wildman–Crippen MR) is 71.5 cm³/mol. The lowest BCUT2D eigenvalue weighted by atomic mass is 10.2. The highest BCUT2D eigenvalue weighted by Crippen LogP contribution is 2.26. The maximum Gasteiger partial charge on any atom is 0.267 e. The van der Waals surface area contributed by atoms with Gasteiger partial charge in [0.1, 0.15) is 10.6 Å². The number of nitrogens with zero attached hydrogens (tertiary/aromatic N) is 3. The fraction of sp³-hybridized carbons (Fsp3) is 0.182. The lowest BCUT2D eigenvalue weighted by molar-refractivity contribution is 0.402. The van der Waals surface area contributed by atoms with E-state index in [-0.39, 0.29) is 23.1 Å². The van der Waals surface area contributed by atoms with E-state index in [2.05, 4.69) is 19.9 Å². The van der Waals surface area contributed by atoms with Crippen molar-refractivity contribution in [3.05, 3.63) is 36.2 Å². The van der Waals surface area contributed by atoms with Crippen molar-refractivity contribution in [2.45, 2.75) is 11.4 Å². The Morgan fingerprint density at radius 2 is 2.15 bits per heavy atom. The van der Waals surface area contributed by atoms with Crippen molar-refractivity contribution in [2.75, 3.05) is 11.8 Å². The van der Waals surface area contributed by atoms with Crippen LogP contribution in [-0.2, 0) is 16.6 Å². The van der Waals surface area contributed by atoms with E-state index in [9.17, 15) is 8.42 Å². The Hall–Kier alpha value is -2.26. The molecule has 3 N–H and O–H groups in total. The third kappa shape index (κ3) is 3.00. The quantitative estimate of drug-likeness (QED) is 0.804.